The van der Waals surface area contributed by atoms with Crippen LogP contribution < -0.4 is 9.80 Å². The standard InChI is InChI=1S/C44H54N2.C7H16/c1-14-16-37(17-15-2)45(41-31(4)26-35(27-32(41)5)43(8,9)10)39-22-24-40(25-23-39)46(38-20-18-30(3)19-21-38)42-33(6)28-36(29-34(42)7)44(11,12)13;1-3-5-7-6-4-2/h14-29H,1H2,2-13H3;3-7H2,1-2H3/b17-15-,37-16+;. The monoisotopic (exact) mass is 711 g/mol. The summed E-state index contributed by atoms with van der Waals surface area (Å²) in [4.78, 5) is 4.78. The number of hydrogen-bond acceptors (Lipinski definition) is 2. The fourth-order valence-corrected chi connectivity index (χ4v) is 6.92. The van der Waals surface area contributed by atoms with Crippen LogP contribution in [0.1, 0.15) is 133 Å². The van der Waals surface area contributed by atoms with Gasteiger partial charge in [0.25, 0.3) is 0 Å². The molecule has 4 rings (SSSR count). The van der Waals surface area contributed by atoms with E-state index in [1.54, 1.807) is 0 Å². The predicted molar refractivity (Wildman–Crippen MR) is 238 cm³/mol. The van der Waals surface area contributed by atoms with Crippen LogP contribution >= 0.6 is 0 Å². The van der Waals surface area contributed by atoms with Crippen LogP contribution in [0, 0.1) is 34.6 Å². The third-order valence-electron chi connectivity index (χ3n) is 9.91. The molecule has 0 spiro atoms. The van der Waals surface area contributed by atoms with Crippen molar-refractivity contribution in [1.82, 2.24) is 0 Å². The van der Waals surface area contributed by atoms with E-state index >= 15 is 0 Å². The number of unbranched alkanes of at least 4 members (excludes halogenated alkanes) is 4. The van der Waals surface area contributed by atoms with Gasteiger partial charge in [0.1, 0.15) is 0 Å². The zero-order chi connectivity index (χ0) is 39.5. The Kier molecular flexibility index (Phi) is 15.6. The van der Waals surface area contributed by atoms with Crippen molar-refractivity contribution < 1.29 is 0 Å². The molecule has 0 heterocycles. The molecule has 4 aromatic rings. The van der Waals surface area contributed by atoms with Crippen LogP contribution in [0.3, 0.4) is 0 Å². The van der Waals surface area contributed by atoms with E-state index in [9.17, 15) is 0 Å². The van der Waals surface area contributed by atoms with Gasteiger partial charge in [0, 0.05) is 22.8 Å². The van der Waals surface area contributed by atoms with Crippen molar-refractivity contribution in [3.63, 3.8) is 0 Å². The van der Waals surface area contributed by atoms with Crippen LogP contribution in [0.25, 0.3) is 0 Å². The fraction of sp³-hybridized carbons (Fsp3) is 0.412. The number of anilines is 5. The normalized spacial score (nSPS) is 12.1. The lowest BCUT2D eigenvalue weighted by molar-refractivity contribution is 0.589. The third-order valence-corrected chi connectivity index (χ3v) is 9.91. The Balaban J connectivity index is 0.000000980. The van der Waals surface area contributed by atoms with E-state index in [0.29, 0.717) is 0 Å². The molecule has 0 aliphatic rings. The second kappa shape index (κ2) is 19.2. The Bertz CT molecular complexity index is 1790. The van der Waals surface area contributed by atoms with Gasteiger partial charge in [-0.1, -0.05) is 148 Å². The van der Waals surface area contributed by atoms with E-state index < -0.39 is 0 Å². The molecular weight excluding hydrogens is 641 g/mol. The highest BCUT2D eigenvalue weighted by atomic mass is 15.2. The van der Waals surface area contributed by atoms with Crippen molar-refractivity contribution in [3.8, 4) is 0 Å². The molecule has 2 heteroatoms. The molecule has 0 aliphatic heterocycles. The first-order valence-electron chi connectivity index (χ1n) is 19.9. The molecular formula is C51H70N2. The molecule has 0 aliphatic carbocycles. The van der Waals surface area contributed by atoms with E-state index in [4.69, 9.17) is 0 Å². The van der Waals surface area contributed by atoms with Gasteiger partial charge in [-0.3, -0.25) is 0 Å². The Hall–Kier alpha value is -4.30. The Morgan fingerprint density at radius 2 is 0.981 bits per heavy atom. The van der Waals surface area contributed by atoms with Gasteiger partial charge in [0.15, 0.2) is 0 Å². The molecule has 53 heavy (non-hydrogen) atoms. The zero-order valence-corrected chi connectivity index (χ0v) is 35.9. The molecule has 0 unspecified atom stereocenters. The summed E-state index contributed by atoms with van der Waals surface area (Å²) >= 11 is 0. The lowest BCUT2D eigenvalue weighted by atomic mass is 9.84. The SMILES string of the molecule is C=C/C=C(\C=C/C)N(c1ccc(N(c2ccc(C)cc2)c2c(C)cc(C(C)(C)C)cc2C)cc1)c1c(C)cc(C(C)(C)C)cc1C.CCCCCCC. The quantitative estimate of drug-likeness (QED) is 0.107. The van der Waals surface area contributed by atoms with Gasteiger partial charge in [-0.15, -0.1) is 0 Å². The molecule has 0 amide bonds. The zero-order valence-electron chi connectivity index (χ0n) is 35.9. The predicted octanol–water partition coefficient (Wildman–Crippen LogP) is 16.1. The van der Waals surface area contributed by atoms with Crippen LogP contribution in [-0.4, -0.2) is 0 Å². The maximum atomic E-state index is 4.05. The Morgan fingerprint density at radius 3 is 1.36 bits per heavy atom. The van der Waals surface area contributed by atoms with Crippen LogP contribution in [0.5, 0.6) is 0 Å². The maximum absolute atomic E-state index is 4.05. The first-order valence-corrected chi connectivity index (χ1v) is 19.9. The number of aryl methyl sites for hydroxylation is 5. The van der Waals surface area contributed by atoms with Crippen LogP contribution in [0.15, 0.2) is 109 Å². The van der Waals surface area contributed by atoms with Crippen LogP contribution in [-0.2, 0) is 10.8 Å². The maximum Gasteiger partial charge on any atom is 0.0520 e. The van der Waals surface area contributed by atoms with Gasteiger partial charge in [-0.25, -0.2) is 0 Å². The molecule has 4 aromatic carbocycles. The highest BCUT2D eigenvalue weighted by molar-refractivity contribution is 5.83. The van der Waals surface area contributed by atoms with E-state index in [-0.39, 0.29) is 10.8 Å². The minimum Gasteiger partial charge on any atom is -0.310 e. The minimum atomic E-state index is 0.0738. The van der Waals surface area contributed by atoms with E-state index in [0.717, 1.165) is 22.8 Å². The van der Waals surface area contributed by atoms with Crippen molar-refractivity contribution >= 4 is 28.4 Å². The fourth-order valence-electron chi connectivity index (χ4n) is 6.92. The second-order valence-corrected chi connectivity index (χ2v) is 16.8. The van der Waals surface area contributed by atoms with Gasteiger partial charge >= 0.3 is 0 Å². The minimum absolute atomic E-state index is 0.0738. The van der Waals surface area contributed by atoms with E-state index in [1.807, 2.05) is 6.08 Å². The lowest BCUT2D eigenvalue weighted by Gasteiger charge is -2.33. The van der Waals surface area contributed by atoms with Crippen molar-refractivity contribution in [2.24, 2.45) is 0 Å². The molecule has 0 saturated heterocycles. The first kappa shape index (κ1) is 43.1. The van der Waals surface area contributed by atoms with Crippen LogP contribution in [0.2, 0.25) is 0 Å². The van der Waals surface area contributed by atoms with Crippen LogP contribution in [0.4, 0.5) is 28.4 Å². The van der Waals surface area contributed by atoms with E-state index in [2.05, 4.69) is 204 Å². The molecule has 0 saturated carbocycles. The number of nitrogens with zero attached hydrogens (tertiary/aromatic N) is 2. The number of allylic oxidation sites excluding steroid dienone is 4. The third kappa shape index (κ3) is 11.3. The molecule has 0 N–H and O–H groups in total. The molecule has 284 valence electrons. The number of benzene rings is 4. The molecule has 0 aromatic heterocycles. The van der Waals surface area contributed by atoms with Crippen molar-refractivity contribution in [1.29, 1.82) is 0 Å². The molecule has 0 bridgehead atoms. The second-order valence-electron chi connectivity index (χ2n) is 16.8. The van der Waals surface area contributed by atoms with Gasteiger partial charge in [-0.05, 0) is 134 Å². The highest BCUT2D eigenvalue weighted by Crippen LogP contribution is 2.43. The summed E-state index contributed by atoms with van der Waals surface area (Å²) in [6, 6.07) is 27.3. The van der Waals surface area contributed by atoms with Gasteiger partial charge in [0.05, 0.1) is 11.4 Å². The summed E-state index contributed by atoms with van der Waals surface area (Å²) in [7, 11) is 0. The number of rotatable bonds is 12. The van der Waals surface area contributed by atoms with Crippen molar-refractivity contribution in [2.75, 3.05) is 9.80 Å². The average molecular weight is 711 g/mol. The average Bonchev–Trinajstić information content (AvgIpc) is 3.08. The lowest BCUT2D eigenvalue weighted by Crippen LogP contribution is -2.20. The Labute approximate surface area is 325 Å². The van der Waals surface area contributed by atoms with Crippen molar-refractivity contribution in [3.05, 3.63) is 148 Å². The topological polar surface area (TPSA) is 6.48 Å². The highest BCUT2D eigenvalue weighted by Gasteiger charge is 2.24. The summed E-state index contributed by atoms with van der Waals surface area (Å²) in [6.45, 7) is 35.4. The summed E-state index contributed by atoms with van der Waals surface area (Å²) in [5.41, 5.74) is 16.0. The molecule has 0 fully saturated rings. The molecule has 2 nitrogen and oxygen atoms in total. The Morgan fingerprint density at radius 1 is 0.585 bits per heavy atom. The van der Waals surface area contributed by atoms with Gasteiger partial charge < -0.3 is 9.80 Å². The molecule has 0 radical (unpaired) electrons. The van der Waals surface area contributed by atoms with Gasteiger partial charge in [-0.2, -0.15) is 0 Å². The summed E-state index contributed by atoms with van der Waals surface area (Å²) in [5, 5.41) is 0. The summed E-state index contributed by atoms with van der Waals surface area (Å²) in [5.74, 6) is 0. The van der Waals surface area contributed by atoms with Gasteiger partial charge in [0.2, 0.25) is 0 Å². The van der Waals surface area contributed by atoms with E-state index in [1.165, 1.54) is 82.4 Å². The summed E-state index contributed by atoms with van der Waals surface area (Å²) < 4.78 is 0. The first-order chi connectivity index (χ1) is 25.0. The smallest absolute Gasteiger partial charge is 0.0520 e. The molecule has 0 atom stereocenters. The van der Waals surface area contributed by atoms with Crippen molar-refractivity contribution in [2.45, 2.75) is 140 Å². The largest absolute Gasteiger partial charge is 0.310 e. The number of hydrogen-bond donors (Lipinski definition) is 0. The summed E-state index contributed by atoms with van der Waals surface area (Å²) in [6.07, 6.45) is 15.2.